The van der Waals surface area contributed by atoms with Crippen molar-refractivity contribution >= 4 is 40.4 Å². The summed E-state index contributed by atoms with van der Waals surface area (Å²) in [7, 11) is 0. The molecule has 0 radical (unpaired) electrons. The molecule has 4 aliphatic rings. The SMILES string of the molecule is CC1=CC(=O)C2=C(C1=O)[C@@H](c1ccc(O)cc1)C1=CC[C@@H]3C(=O)N(c4ccc(Nc5ccccc5)cc4)C(=O)[C@@H]3[C@@H]1C2. The molecular weight excluding hydrogens is 528 g/mol. The quantitative estimate of drug-likeness (QED) is 0.240. The molecule has 2 amide bonds. The van der Waals surface area contributed by atoms with Gasteiger partial charge in [0, 0.05) is 34.0 Å². The molecule has 7 rings (SSSR count). The van der Waals surface area contributed by atoms with Gasteiger partial charge in [-0.3, -0.25) is 24.1 Å². The van der Waals surface area contributed by atoms with Crippen molar-refractivity contribution in [1.82, 2.24) is 0 Å². The third-order valence-electron chi connectivity index (χ3n) is 8.98. The number of nitrogens with zero attached hydrogens (tertiary/aromatic N) is 1. The van der Waals surface area contributed by atoms with Crippen LogP contribution >= 0.6 is 0 Å². The maximum atomic E-state index is 14.1. The van der Waals surface area contributed by atoms with Gasteiger partial charge in [-0.1, -0.05) is 42.0 Å². The molecule has 7 nitrogen and oxygen atoms in total. The summed E-state index contributed by atoms with van der Waals surface area (Å²) in [5.41, 5.74) is 5.17. The van der Waals surface area contributed by atoms with Crippen LogP contribution < -0.4 is 10.2 Å². The number of allylic oxidation sites excluding steroid dienone is 6. The highest BCUT2D eigenvalue weighted by atomic mass is 16.3. The second-order valence-corrected chi connectivity index (χ2v) is 11.4. The summed E-state index contributed by atoms with van der Waals surface area (Å²) in [6.07, 6.45) is 3.99. The van der Waals surface area contributed by atoms with E-state index in [1.165, 1.54) is 11.0 Å². The maximum Gasteiger partial charge on any atom is 0.238 e. The number of nitrogens with one attached hydrogen (secondary N) is 1. The van der Waals surface area contributed by atoms with Crippen molar-refractivity contribution in [2.45, 2.75) is 25.7 Å². The van der Waals surface area contributed by atoms with Gasteiger partial charge >= 0.3 is 0 Å². The van der Waals surface area contributed by atoms with Crippen LogP contribution in [-0.2, 0) is 19.2 Å². The number of ketones is 2. The molecule has 4 atom stereocenters. The van der Waals surface area contributed by atoms with Gasteiger partial charge in [-0.15, -0.1) is 0 Å². The molecule has 1 heterocycles. The van der Waals surface area contributed by atoms with Crippen LogP contribution in [0, 0.1) is 17.8 Å². The van der Waals surface area contributed by atoms with E-state index in [4.69, 9.17) is 0 Å². The highest BCUT2D eigenvalue weighted by Crippen LogP contribution is 2.55. The number of phenols is 1. The zero-order valence-electron chi connectivity index (χ0n) is 22.9. The third-order valence-corrected chi connectivity index (χ3v) is 8.98. The van der Waals surface area contributed by atoms with Gasteiger partial charge in [0.25, 0.3) is 0 Å². The zero-order chi connectivity index (χ0) is 29.1. The maximum absolute atomic E-state index is 14.1. The van der Waals surface area contributed by atoms with Gasteiger partial charge in [-0.25, -0.2) is 0 Å². The Kier molecular flexibility index (Phi) is 6.04. The van der Waals surface area contributed by atoms with E-state index in [2.05, 4.69) is 5.32 Å². The standard InChI is InChI=1S/C35H28N2O5/c1-19-17-29(39)28-18-27-25(30(32(28)33(19)40)20-7-13-24(38)14-8-20)15-16-26-31(27)35(42)37(34(26)41)23-11-9-22(10-12-23)36-21-5-3-2-4-6-21/h2-15,17,26-27,30-31,36,38H,16,18H2,1H3/t26-,27+,30-,31-/m0/s1. The molecule has 3 aromatic carbocycles. The second kappa shape index (κ2) is 9.80. The number of carbonyl (C=O) groups is 4. The van der Waals surface area contributed by atoms with Gasteiger partial charge in [0.05, 0.1) is 17.5 Å². The molecule has 42 heavy (non-hydrogen) atoms. The van der Waals surface area contributed by atoms with Crippen molar-refractivity contribution in [2.24, 2.45) is 17.8 Å². The predicted molar refractivity (Wildman–Crippen MR) is 158 cm³/mol. The number of fused-ring (bicyclic) bond motifs is 3. The van der Waals surface area contributed by atoms with Gasteiger partial charge in [0.15, 0.2) is 11.6 Å². The van der Waals surface area contributed by atoms with Crippen molar-refractivity contribution in [3.05, 3.63) is 119 Å². The van der Waals surface area contributed by atoms with Crippen LogP contribution in [0.2, 0.25) is 0 Å². The first-order valence-electron chi connectivity index (χ1n) is 14.1. The van der Waals surface area contributed by atoms with Crippen molar-refractivity contribution < 1.29 is 24.3 Å². The molecule has 0 bridgehead atoms. The number of aromatic hydroxyl groups is 1. The zero-order valence-corrected chi connectivity index (χ0v) is 22.9. The number of amides is 2. The fraction of sp³-hybridized carbons (Fsp3) is 0.200. The van der Waals surface area contributed by atoms with E-state index in [9.17, 15) is 24.3 Å². The van der Waals surface area contributed by atoms with Crippen LogP contribution in [0.25, 0.3) is 0 Å². The minimum Gasteiger partial charge on any atom is -0.508 e. The molecule has 208 valence electrons. The van der Waals surface area contributed by atoms with E-state index in [-0.39, 0.29) is 35.6 Å². The molecule has 0 unspecified atom stereocenters. The van der Waals surface area contributed by atoms with Crippen LogP contribution in [0.1, 0.15) is 31.2 Å². The lowest BCUT2D eigenvalue weighted by atomic mass is 9.59. The summed E-state index contributed by atoms with van der Waals surface area (Å²) >= 11 is 0. The fourth-order valence-corrected chi connectivity index (χ4v) is 7.04. The molecule has 1 fully saturated rings. The van der Waals surface area contributed by atoms with Crippen molar-refractivity contribution in [3.8, 4) is 5.75 Å². The molecule has 7 heteroatoms. The Morgan fingerprint density at radius 3 is 2.21 bits per heavy atom. The first-order chi connectivity index (χ1) is 20.3. The van der Waals surface area contributed by atoms with E-state index < -0.39 is 23.7 Å². The van der Waals surface area contributed by atoms with Crippen molar-refractivity contribution in [3.63, 3.8) is 0 Å². The summed E-state index contributed by atoms with van der Waals surface area (Å²) in [6, 6.07) is 23.6. The monoisotopic (exact) mass is 556 g/mol. The first kappa shape index (κ1) is 25.9. The lowest BCUT2D eigenvalue weighted by Gasteiger charge is -2.42. The number of para-hydroxylation sites is 1. The Morgan fingerprint density at radius 2 is 1.50 bits per heavy atom. The summed E-state index contributed by atoms with van der Waals surface area (Å²) in [4.78, 5) is 55.8. The van der Waals surface area contributed by atoms with Crippen LogP contribution in [0.4, 0.5) is 17.1 Å². The largest absolute Gasteiger partial charge is 0.508 e. The average Bonchev–Trinajstić information content (AvgIpc) is 3.26. The second-order valence-electron chi connectivity index (χ2n) is 11.4. The van der Waals surface area contributed by atoms with Crippen LogP contribution in [0.15, 0.2) is 113 Å². The Morgan fingerprint density at radius 1 is 0.810 bits per heavy atom. The summed E-state index contributed by atoms with van der Waals surface area (Å²) < 4.78 is 0. The Labute approximate surface area is 242 Å². The number of carbonyl (C=O) groups excluding carboxylic acids is 4. The lowest BCUT2D eigenvalue weighted by Crippen LogP contribution is -2.39. The number of anilines is 3. The number of phenolic OH excluding ortho intramolecular Hbond substituents is 1. The average molecular weight is 557 g/mol. The number of hydrogen-bond donors (Lipinski definition) is 2. The van der Waals surface area contributed by atoms with Crippen molar-refractivity contribution in [2.75, 3.05) is 10.2 Å². The normalized spacial score (nSPS) is 25.0. The first-order valence-corrected chi connectivity index (χ1v) is 14.1. The number of hydrogen-bond acceptors (Lipinski definition) is 6. The molecule has 0 spiro atoms. The van der Waals surface area contributed by atoms with E-state index in [0.29, 0.717) is 28.8 Å². The topological polar surface area (TPSA) is 104 Å². The van der Waals surface area contributed by atoms with Crippen LogP contribution in [0.5, 0.6) is 5.75 Å². The predicted octanol–water partition coefficient (Wildman–Crippen LogP) is 5.77. The Bertz CT molecular complexity index is 1750. The highest BCUT2D eigenvalue weighted by Gasteiger charge is 2.56. The minimum atomic E-state index is -0.636. The number of rotatable bonds is 4. The molecular formula is C35H28N2O5. The molecule has 2 N–H and O–H groups in total. The number of imide groups is 1. The van der Waals surface area contributed by atoms with Gasteiger partial charge in [-0.2, -0.15) is 0 Å². The molecule has 3 aromatic rings. The lowest BCUT2D eigenvalue weighted by molar-refractivity contribution is -0.123. The summed E-state index contributed by atoms with van der Waals surface area (Å²) in [6.45, 7) is 1.65. The van der Waals surface area contributed by atoms with Crippen LogP contribution in [0.3, 0.4) is 0 Å². The third kappa shape index (κ3) is 4.04. The Hall–Kier alpha value is -5.04. The Balaban J connectivity index is 1.24. The smallest absolute Gasteiger partial charge is 0.238 e. The highest BCUT2D eigenvalue weighted by molar-refractivity contribution is 6.25. The fourth-order valence-electron chi connectivity index (χ4n) is 7.04. The molecule has 3 aliphatic carbocycles. The van der Waals surface area contributed by atoms with Crippen molar-refractivity contribution in [1.29, 1.82) is 0 Å². The van der Waals surface area contributed by atoms with Gasteiger partial charge in [0.2, 0.25) is 11.8 Å². The van der Waals surface area contributed by atoms with E-state index in [1.807, 2.05) is 48.5 Å². The van der Waals surface area contributed by atoms with Crippen LogP contribution in [-0.4, -0.2) is 28.5 Å². The number of benzene rings is 3. The number of Topliss-reactive ketones (excluding diaryl/α,β-unsaturated/α-hetero) is 1. The van der Waals surface area contributed by atoms with E-state index >= 15 is 0 Å². The summed E-state index contributed by atoms with van der Waals surface area (Å²) in [5.74, 6) is -2.92. The summed E-state index contributed by atoms with van der Waals surface area (Å²) in [5, 5.41) is 13.2. The molecule has 1 saturated heterocycles. The van der Waals surface area contributed by atoms with E-state index in [0.717, 1.165) is 22.5 Å². The molecule has 0 saturated carbocycles. The minimum absolute atomic E-state index is 0.0947. The van der Waals surface area contributed by atoms with Gasteiger partial charge < -0.3 is 10.4 Å². The molecule has 0 aromatic heterocycles. The van der Waals surface area contributed by atoms with Gasteiger partial charge in [-0.05, 0) is 85.9 Å². The molecule has 1 aliphatic heterocycles. The van der Waals surface area contributed by atoms with Gasteiger partial charge in [0.1, 0.15) is 5.75 Å². The van der Waals surface area contributed by atoms with E-state index in [1.54, 1.807) is 43.3 Å².